The van der Waals surface area contributed by atoms with Crippen molar-refractivity contribution in [2.75, 3.05) is 0 Å². The van der Waals surface area contributed by atoms with Gasteiger partial charge >= 0.3 is 0 Å². The van der Waals surface area contributed by atoms with Gasteiger partial charge in [0, 0.05) is 0 Å². The maximum absolute atomic E-state index is 4.62. The molecule has 0 aliphatic carbocycles. The van der Waals surface area contributed by atoms with Gasteiger partial charge in [-0.3, -0.25) is 0 Å². The molecule has 1 aromatic heterocycles. The fourth-order valence-electron chi connectivity index (χ4n) is 2.44. The van der Waals surface area contributed by atoms with Crippen molar-refractivity contribution in [1.29, 1.82) is 0 Å². The predicted molar refractivity (Wildman–Crippen MR) is 92.5 cm³/mol. The lowest BCUT2D eigenvalue weighted by Gasteiger charge is -1.98. The molecule has 0 aliphatic rings. The first-order chi connectivity index (χ1) is 10.4. The molecule has 4 rings (SSSR count). The highest BCUT2D eigenvalue weighted by Gasteiger charge is 1.99. The Hall–Kier alpha value is -2.45. The number of thiazole rings is 1. The summed E-state index contributed by atoms with van der Waals surface area (Å²) in [5, 5.41) is 3.59. The first-order valence-corrected chi connectivity index (χ1v) is 7.73. The van der Waals surface area contributed by atoms with Gasteiger partial charge in [0.2, 0.25) is 0 Å². The lowest BCUT2D eigenvalue weighted by Crippen LogP contribution is -1.75. The molecule has 2 heteroatoms. The third-order valence-electron chi connectivity index (χ3n) is 3.50. The Morgan fingerprint density at radius 2 is 1.57 bits per heavy atom. The van der Waals surface area contributed by atoms with Gasteiger partial charge in [0.25, 0.3) is 0 Å². The number of hydrogen-bond donors (Lipinski definition) is 0. The van der Waals surface area contributed by atoms with Crippen LogP contribution in [-0.2, 0) is 0 Å². The van der Waals surface area contributed by atoms with Crippen LogP contribution in [0.4, 0.5) is 0 Å². The summed E-state index contributed by atoms with van der Waals surface area (Å²) in [6.07, 6.45) is 4.22. The maximum Gasteiger partial charge on any atom is 0.117 e. The van der Waals surface area contributed by atoms with Crippen molar-refractivity contribution in [2.45, 2.75) is 0 Å². The summed E-state index contributed by atoms with van der Waals surface area (Å²) in [6, 6.07) is 23.2. The zero-order chi connectivity index (χ0) is 14.1. The Kier molecular flexibility index (Phi) is 3.02. The van der Waals surface area contributed by atoms with Crippen LogP contribution in [0.1, 0.15) is 10.6 Å². The molecule has 0 saturated carbocycles. The minimum atomic E-state index is 1.05. The first-order valence-electron chi connectivity index (χ1n) is 6.91. The van der Waals surface area contributed by atoms with Crippen molar-refractivity contribution < 1.29 is 0 Å². The average molecular weight is 287 g/mol. The van der Waals surface area contributed by atoms with Gasteiger partial charge in [-0.2, -0.15) is 0 Å². The molecule has 1 nitrogen and oxygen atoms in total. The van der Waals surface area contributed by atoms with Crippen LogP contribution in [0.5, 0.6) is 0 Å². The highest BCUT2D eigenvalue weighted by molar-refractivity contribution is 7.19. The standard InChI is InChI=1S/C19H13NS/c1-2-6-16-13-14(9-11-15(16)5-1)10-12-19-20-17-7-3-4-8-18(17)21-19/h1-13H. The van der Waals surface area contributed by atoms with E-state index in [2.05, 4.69) is 77.8 Å². The number of aromatic nitrogens is 1. The van der Waals surface area contributed by atoms with Gasteiger partial charge in [-0.15, -0.1) is 11.3 Å². The molecule has 0 radical (unpaired) electrons. The summed E-state index contributed by atoms with van der Waals surface area (Å²) >= 11 is 1.72. The van der Waals surface area contributed by atoms with Crippen LogP contribution in [-0.4, -0.2) is 4.98 Å². The van der Waals surface area contributed by atoms with Crippen molar-refractivity contribution in [1.82, 2.24) is 4.98 Å². The van der Waals surface area contributed by atoms with Crippen molar-refractivity contribution in [3.8, 4) is 0 Å². The van der Waals surface area contributed by atoms with Gasteiger partial charge in [0.1, 0.15) is 5.01 Å². The molecule has 0 aliphatic heterocycles. The molecule has 1 heterocycles. The second-order valence-corrected chi connectivity index (χ2v) is 6.02. The van der Waals surface area contributed by atoms with Crippen LogP contribution in [0.25, 0.3) is 33.1 Å². The lowest BCUT2D eigenvalue weighted by atomic mass is 10.1. The van der Waals surface area contributed by atoms with E-state index < -0.39 is 0 Å². The summed E-state index contributed by atoms with van der Waals surface area (Å²) in [6.45, 7) is 0. The molecule has 21 heavy (non-hydrogen) atoms. The molecular weight excluding hydrogens is 274 g/mol. The monoisotopic (exact) mass is 287 g/mol. The maximum atomic E-state index is 4.62. The van der Waals surface area contributed by atoms with Gasteiger partial charge in [0.05, 0.1) is 10.2 Å². The molecule has 0 fully saturated rings. The summed E-state index contributed by atoms with van der Waals surface area (Å²) in [5.41, 5.74) is 2.27. The van der Waals surface area contributed by atoms with Gasteiger partial charge in [-0.1, -0.05) is 54.6 Å². The normalized spacial score (nSPS) is 11.6. The number of fused-ring (bicyclic) bond motifs is 2. The second-order valence-electron chi connectivity index (χ2n) is 4.96. The van der Waals surface area contributed by atoms with E-state index in [1.807, 2.05) is 6.07 Å². The lowest BCUT2D eigenvalue weighted by molar-refractivity contribution is 1.46. The molecule has 0 unspecified atom stereocenters. The van der Waals surface area contributed by atoms with Crippen LogP contribution in [0.3, 0.4) is 0 Å². The molecular formula is C19H13NS. The van der Waals surface area contributed by atoms with Crippen LogP contribution >= 0.6 is 11.3 Å². The predicted octanol–water partition coefficient (Wildman–Crippen LogP) is 5.62. The fourth-order valence-corrected chi connectivity index (χ4v) is 3.31. The Morgan fingerprint density at radius 3 is 2.48 bits per heavy atom. The molecule has 4 aromatic rings. The quantitative estimate of drug-likeness (QED) is 0.466. The summed E-state index contributed by atoms with van der Waals surface area (Å²) in [7, 11) is 0. The minimum absolute atomic E-state index is 1.05. The molecule has 0 saturated heterocycles. The molecule has 0 N–H and O–H groups in total. The van der Waals surface area contributed by atoms with Crippen molar-refractivity contribution in [2.24, 2.45) is 0 Å². The average Bonchev–Trinajstić information content (AvgIpc) is 2.95. The molecule has 0 atom stereocenters. The van der Waals surface area contributed by atoms with E-state index in [1.165, 1.54) is 21.0 Å². The van der Waals surface area contributed by atoms with E-state index >= 15 is 0 Å². The number of benzene rings is 3. The first kappa shape index (κ1) is 12.3. The number of hydrogen-bond acceptors (Lipinski definition) is 2. The van der Waals surface area contributed by atoms with E-state index in [0.717, 1.165) is 10.5 Å². The molecule has 0 bridgehead atoms. The van der Waals surface area contributed by atoms with Crippen LogP contribution < -0.4 is 0 Å². The summed E-state index contributed by atoms with van der Waals surface area (Å²) in [4.78, 5) is 4.62. The van der Waals surface area contributed by atoms with Crippen molar-refractivity contribution in [3.63, 3.8) is 0 Å². The summed E-state index contributed by atoms with van der Waals surface area (Å²) in [5.74, 6) is 0. The Morgan fingerprint density at radius 1 is 0.762 bits per heavy atom. The van der Waals surface area contributed by atoms with Crippen LogP contribution in [0, 0.1) is 0 Å². The Bertz CT molecular complexity index is 917. The highest BCUT2D eigenvalue weighted by Crippen LogP contribution is 2.23. The minimum Gasteiger partial charge on any atom is -0.237 e. The third kappa shape index (κ3) is 2.46. The molecule has 100 valence electrons. The topological polar surface area (TPSA) is 12.9 Å². The Balaban J connectivity index is 1.69. The van der Waals surface area contributed by atoms with E-state index in [4.69, 9.17) is 0 Å². The molecule has 0 spiro atoms. The van der Waals surface area contributed by atoms with Gasteiger partial charge in [-0.25, -0.2) is 4.98 Å². The van der Waals surface area contributed by atoms with Crippen molar-refractivity contribution in [3.05, 3.63) is 77.3 Å². The zero-order valence-corrected chi connectivity index (χ0v) is 12.2. The number of nitrogens with zero attached hydrogens (tertiary/aromatic N) is 1. The summed E-state index contributed by atoms with van der Waals surface area (Å²) < 4.78 is 1.23. The van der Waals surface area contributed by atoms with Gasteiger partial charge < -0.3 is 0 Å². The van der Waals surface area contributed by atoms with Gasteiger partial charge in [0.15, 0.2) is 0 Å². The third-order valence-corrected chi connectivity index (χ3v) is 4.50. The van der Waals surface area contributed by atoms with E-state index in [-0.39, 0.29) is 0 Å². The van der Waals surface area contributed by atoms with Gasteiger partial charge in [-0.05, 0) is 40.6 Å². The SMILES string of the molecule is C(=Cc1nc2ccccc2s1)c1ccc2ccccc2c1. The zero-order valence-electron chi connectivity index (χ0n) is 11.4. The highest BCUT2D eigenvalue weighted by atomic mass is 32.1. The second kappa shape index (κ2) is 5.15. The number of rotatable bonds is 2. The largest absolute Gasteiger partial charge is 0.237 e. The van der Waals surface area contributed by atoms with E-state index in [1.54, 1.807) is 11.3 Å². The van der Waals surface area contributed by atoms with Crippen LogP contribution in [0.15, 0.2) is 66.7 Å². The van der Waals surface area contributed by atoms with Crippen LogP contribution in [0.2, 0.25) is 0 Å². The Labute approximate surface area is 127 Å². The number of para-hydroxylation sites is 1. The van der Waals surface area contributed by atoms with Crippen molar-refractivity contribution >= 4 is 44.5 Å². The van der Waals surface area contributed by atoms with E-state index in [0.29, 0.717) is 0 Å². The van der Waals surface area contributed by atoms with E-state index in [9.17, 15) is 0 Å². The fraction of sp³-hybridized carbons (Fsp3) is 0. The molecule has 3 aromatic carbocycles. The smallest absolute Gasteiger partial charge is 0.117 e. The molecule has 0 amide bonds.